The molecule has 0 aromatic rings. The highest BCUT2D eigenvalue weighted by Gasteiger charge is 2.30. The number of carbonyl (C=O) groups excluding carboxylic acids is 4. The predicted octanol–water partition coefficient (Wildman–Crippen LogP) is 18.8. The first-order valence-corrected chi connectivity index (χ1v) is 38.0. The molecule has 0 aliphatic heterocycles. The van der Waals surface area contributed by atoms with Gasteiger partial charge in [-0.2, -0.15) is 0 Å². The average Bonchev–Trinajstić information content (AvgIpc) is 3.62. The Morgan fingerprint density at radius 3 is 0.884 bits per heavy atom. The number of aliphatic hydroxyl groups excluding tert-OH is 1. The highest BCUT2D eigenvalue weighted by Crippen LogP contribution is 2.45. The summed E-state index contributed by atoms with van der Waals surface area (Å²) in [4.78, 5) is 71.8. The van der Waals surface area contributed by atoms with Crippen molar-refractivity contribution in [3.8, 4) is 0 Å². The zero-order valence-electron chi connectivity index (χ0n) is 55.6. The average molecular weight is 1270 g/mol. The second-order valence-electron chi connectivity index (χ2n) is 24.9. The Labute approximate surface area is 524 Å². The SMILES string of the molecule is CCCCCCCC(=O)OC[C@H](COP(=O)(O)OC[C@H](O)COP(=O)(O)OC[C@@H](COC(=O)CCCCCCCCCCCCCCCCC(C)CC)OC(=O)CCCCCCCCCCCCCCCCCC(C)C)OC(=O)CCCCCCC. The van der Waals surface area contributed by atoms with Gasteiger partial charge in [0.15, 0.2) is 12.2 Å². The summed E-state index contributed by atoms with van der Waals surface area (Å²) in [5.74, 6) is -0.499. The van der Waals surface area contributed by atoms with Gasteiger partial charge in [-0.1, -0.05) is 286 Å². The first kappa shape index (κ1) is 84.1. The van der Waals surface area contributed by atoms with E-state index in [9.17, 15) is 43.2 Å². The van der Waals surface area contributed by atoms with Gasteiger partial charge < -0.3 is 33.8 Å². The van der Waals surface area contributed by atoms with Crippen LogP contribution in [0.5, 0.6) is 0 Å². The number of esters is 4. The quantitative estimate of drug-likeness (QED) is 0.0222. The van der Waals surface area contributed by atoms with E-state index in [4.69, 9.17) is 37.0 Å². The van der Waals surface area contributed by atoms with Crippen LogP contribution >= 0.6 is 15.6 Å². The predicted molar refractivity (Wildman–Crippen MR) is 345 cm³/mol. The number of hydrogen-bond acceptors (Lipinski definition) is 15. The maximum Gasteiger partial charge on any atom is 0.472 e. The number of carbonyl (C=O) groups is 4. The van der Waals surface area contributed by atoms with Crippen molar-refractivity contribution in [3.05, 3.63) is 0 Å². The van der Waals surface area contributed by atoms with Crippen molar-refractivity contribution in [2.75, 3.05) is 39.6 Å². The topological polar surface area (TPSA) is 237 Å². The van der Waals surface area contributed by atoms with Crippen molar-refractivity contribution in [1.82, 2.24) is 0 Å². The number of rotatable bonds is 66. The molecule has 0 spiro atoms. The third-order valence-electron chi connectivity index (χ3n) is 15.8. The van der Waals surface area contributed by atoms with E-state index in [2.05, 4.69) is 41.5 Å². The van der Waals surface area contributed by atoms with Crippen molar-refractivity contribution in [2.45, 2.75) is 355 Å². The normalized spacial score (nSPS) is 14.5. The molecule has 0 aromatic carbocycles. The van der Waals surface area contributed by atoms with Gasteiger partial charge in [0.05, 0.1) is 26.4 Å². The minimum Gasteiger partial charge on any atom is -0.462 e. The molecule has 0 saturated heterocycles. The van der Waals surface area contributed by atoms with E-state index in [0.29, 0.717) is 25.7 Å². The minimum atomic E-state index is -4.95. The molecular formula is C67H130O17P2. The van der Waals surface area contributed by atoms with Gasteiger partial charge in [-0.15, -0.1) is 0 Å². The molecule has 17 nitrogen and oxygen atoms in total. The summed E-state index contributed by atoms with van der Waals surface area (Å²) in [6.45, 7) is 9.42. The van der Waals surface area contributed by atoms with Crippen LogP contribution in [0.15, 0.2) is 0 Å². The van der Waals surface area contributed by atoms with E-state index in [1.54, 1.807) is 0 Å². The van der Waals surface area contributed by atoms with E-state index < -0.39 is 97.5 Å². The molecule has 19 heteroatoms. The number of ether oxygens (including phenoxy) is 4. The zero-order valence-corrected chi connectivity index (χ0v) is 57.4. The molecular weight excluding hydrogens is 1140 g/mol. The highest BCUT2D eigenvalue weighted by molar-refractivity contribution is 7.47. The number of unbranched alkanes of at least 4 members (excludes halogenated alkanes) is 35. The highest BCUT2D eigenvalue weighted by atomic mass is 31.2. The van der Waals surface area contributed by atoms with Gasteiger partial charge in [-0.3, -0.25) is 37.3 Å². The third-order valence-corrected chi connectivity index (χ3v) is 17.7. The Balaban J connectivity index is 5.07. The largest absolute Gasteiger partial charge is 0.472 e. The van der Waals surface area contributed by atoms with Crippen LogP contribution in [0, 0.1) is 11.8 Å². The van der Waals surface area contributed by atoms with E-state index >= 15 is 0 Å². The first-order valence-electron chi connectivity index (χ1n) is 35.0. The van der Waals surface area contributed by atoms with Crippen LogP contribution in [-0.2, 0) is 65.4 Å². The monoisotopic (exact) mass is 1270 g/mol. The summed E-state index contributed by atoms with van der Waals surface area (Å²) in [6.07, 6.45) is 43.9. The van der Waals surface area contributed by atoms with Crippen LogP contribution in [-0.4, -0.2) is 96.7 Å². The molecule has 0 saturated carbocycles. The lowest BCUT2D eigenvalue weighted by molar-refractivity contribution is -0.161. The molecule has 0 rings (SSSR count). The van der Waals surface area contributed by atoms with Crippen LogP contribution < -0.4 is 0 Å². The Bertz CT molecular complexity index is 1690. The second-order valence-corrected chi connectivity index (χ2v) is 27.8. The van der Waals surface area contributed by atoms with Crippen molar-refractivity contribution in [1.29, 1.82) is 0 Å². The smallest absolute Gasteiger partial charge is 0.462 e. The van der Waals surface area contributed by atoms with Crippen LogP contribution in [0.1, 0.15) is 337 Å². The van der Waals surface area contributed by atoms with Crippen LogP contribution in [0.2, 0.25) is 0 Å². The molecule has 0 aliphatic carbocycles. The zero-order chi connectivity index (χ0) is 63.6. The molecule has 0 heterocycles. The molecule has 0 fully saturated rings. The fourth-order valence-electron chi connectivity index (χ4n) is 10.0. The van der Waals surface area contributed by atoms with Gasteiger partial charge in [-0.25, -0.2) is 9.13 Å². The molecule has 6 atom stereocenters. The summed E-state index contributed by atoms with van der Waals surface area (Å²) in [5.41, 5.74) is 0. The molecule has 0 bridgehead atoms. The molecule has 510 valence electrons. The lowest BCUT2D eigenvalue weighted by Crippen LogP contribution is -2.30. The van der Waals surface area contributed by atoms with Gasteiger partial charge in [-0.05, 0) is 37.5 Å². The van der Waals surface area contributed by atoms with E-state index in [-0.39, 0.29) is 25.7 Å². The second kappa shape index (κ2) is 59.4. The Kier molecular flexibility index (Phi) is 58.0. The summed E-state index contributed by atoms with van der Waals surface area (Å²) in [6, 6.07) is 0. The number of phosphoric acid groups is 2. The maximum absolute atomic E-state index is 13.0. The van der Waals surface area contributed by atoms with Crippen LogP contribution in [0.25, 0.3) is 0 Å². The molecule has 86 heavy (non-hydrogen) atoms. The molecule has 3 N–H and O–H groups in total. The molecule has 0 aliphatic rings. The summed E-state index contributed by atoms with van der Waals surface area (Å²) >= 11 is 0. The van der Waals surface area contributed by atoms with Crippen molar-refractivity contribution in [2.24, 2.45) is 11.8 Å². The summed E-state index contributed by atoms with van der Waals surface area (Å²) in [7, 11) is -9.87. The lowest BCUT2D eigenvalue weighted by atomic mass is 9.99. The molecule has 0 radical (unpaired) electrons. The number of aliphatic hydroxyl groups is 1. The number of phosphoric ester groups is 2. The van der Waals surface area contributed by atoms with E-state index in [0.717, 1.165) is 108 Å². The Morgan fingerprint density at radius 2 is 0.593 bits per heavy atom. The van der Waals surface area contributed by atoms with Crippen molar-refractivity contribution < 1.29 is 80.2 Å². The summed E-state index contributed by atoms with van der Waals surface area (Å²) < 4.78 is 67.7. The molecule has 0 amide bonds. The molecule has 0 aromatic heterocycles. The van der Waals surface area contributed by atoms with Gasteiger partial charge in [0.25, 0.3) is 0 Å². The fraction of sp³-hybridized carbons (Fsp3) is 0.940. The summed E-state index contributed by atoms with van der Waals surface area (Å²) in [5, 5.41) is 10.5. The lowest BCUT2D eigenvalue weighted by Gasteiger charge is -2.21. The standard InChI is InChI=1S/C67H130O17P2/c1-7-10-12-35-43-49-64(69)77-55-62(83-66(71)51-45-36-13-11-8-2)57-81-85(73,74)79-53-61(68)54-80-86(75,76)82-58-63(84-67(72)52-46-40-34-30-26-22-16-14-15-19-23-27-31-37-41-47-59(4)5)56-78-65(70)50-44-39-33-29-25-21-18-17-20-24-28-32-38-42-48-60(6)9-3/h59-63,68H,7-58H2,1-6H3,(H,73,74)(H,75,76)/t60?,61-,62+,63+/m0/s1. The van der Waals surface area contributed by atoms with Crippen molar-refractivity contribution in [3.63, 3.8) is 0 Å². The van der Waals surface area contributed by atoms with E-state index in [1.165, 1.54) is 148 Å². The van der Waals surface area contributed by atoms with E-state index in [1.807, 2.05) is 0 Å². The maximum atomic E-state index is 13.0. The minimum absolute atomic E-state index is 0.0988. The fourth-order valence-corrected chi connectivity index (χ4v) is 11.6. The Hall–Kier alpha value is -1.94. The molecule has 3 unspecified atom stereocenters. The third kappa shape index (κ3) is 59.7. The van der Waals surface area contributed by atoms with Gasteiger partial charge in [0, 0.05) is 25.7 Å². The van der Waals surface area contributed by atoms with Crippen LogP contribution in [0.4, 0.5) is 0 Å². The van der Waals surface area contributed by atoms with Gasteiger partial charge in [0.1, 0.15) is 19.3 Å². The van der Waals surface area contributed by atoms with Crippen molar-refractivity contribution >= 4 is 39.5 Å². The van der Waals surface area contributed by atoms with Gasteiger partial charge in [0.2, 0.25) is 0 Å². The van der Waals surface area contributed by atoms with Gasteiger partial charge >= 0.3 is 39.5 Å². The first-order chi connectivity index (χ1) is 41.4. The Morgan fingerprint density at radius 1 is 0.337 bits per heavy atom. The number of hydrogen-bond donors (Lipinski definition) is 3. The van der Waals surface area contributed by atoms with Crippen LogP contribution in [0.3, 0.4) is 0 Å².